The Morgan fingerprint density at radius 3 is 2.38 bits per heavy atom. The third kappa shape index (κ3) is 3.21. The molecule has 3 aromatic rings. The first-order chi connectivity index (χ1) is 12.7. The Morgan fingerprint density at radius 1 is 0.923 bits per heavy atom. The zero-order valence-electron chi connectivity index (χ0n) is 14.8. The maximum absolute atomic E-state index is 12.8. The Hall–Kier alpha value is -3.07. The molecule has 1 aliphatic heterocycles. The Kier molecular flexibility index (Phi) is 4.44. The summed E-state index contributed by atoms with van der Waals surface area (Å²) in [5.41, 5.74) is 4.45. The van der Waals surface area contributed by atoms with E-state index in [1.165, 1.54) is 5.56 Å². The average Bonchev–Trinajstić information content (AvgIpc) is 2.69. The molecule has 1 atom stereocenters. The quantitative estimate of drug-likeness (QED) is 0.704. The minimum absolute atomic E-state index is 0.140. The predicted octanol–water partition coefficient (Wildman–Crippen LogP) is 4.37. The number of ether oxygens (including phenoxy) is 1. The maximum Gasteiger partial charge on any atom is 0.234 e. The van der Waals surface area contributed by atoms with Gasteiger partial charge in [-0.15, -0.1) is 0 Å². The van der Waals surface area contributed by atoms with Crippen molar-refractivity contribution in [1.82, 2.24) is 4.90 Å². The Balaban J connectivity index is 1.56. The van der Waals surface area contributed by atoms with Crippen LogP contribution in [-0.4, -0.2) is 17.9 Å². The summed E-state index contributed by atoms with van der Waals surface area (Å²) in [7, 11) is 1.86. The van der Waals surface area contributed by atoms with Crippen LogP contribution in [0.25, 0.3) is 0 Å². The molecule has 1 amide bonds. The highest BCUT2D eigenvalue weighted by molar-refractivity contribution is 5.89. The van der Waals surface area contributed by atoms with E-state index in [0.717, 1.165) is 22.4 Å². The van der Waals surface area contributed by atoms with Crippen LogP contribution in [0.15, 0.2) is 78.9 Å². The van der Waals surface area contributed by atoms with Crippen molar-refractivity contribution in [2.75, 3.05) is 7.05 Å². The van der Waals surface area contributed by atoms with Gasteiger partial charge >= 0.3 is 0 Å². The number of likely N-dealkylation sites (N-methyl/N-ethyl adjacent to an activating group) is 1. The summed E-state index contributed by atoms with van der Waals surface area (Å²) in [5, 5.41) is 0. The van der Waals surface area contributed by atoms with Gasteiger partial charge in [0, 0.05) is 13.6 Å². The summed E-state index contributed by atoms with van der Waals surface area (Å²) in [4.78, 5) is 14.6. The van der Waals surface area contributed by atoms with Gasteiger partial charge in [-0.25, -0.2) is 0 Å². The molecule has 0 N–H and O–H groups in total. The summed E-state index contributed by atoms with van der Waals surface area (Å²) in [5.74, 6) is 0.706. The number of carbonyl (C=O) groups excluding carboxylic acids is 1. The Morgan fingerprint density at radius 2 is 1.62 bits per heavy atom. The molecular formula is C23H21NO2. The molecule has 0 radical (unpaired) electrons. The molecule has 0 saturated heterocycles. The van der Waals surface area contributed by atoms with E-state index >= 15 is 0 Å². The molecule has 0 spiro atoms. The predicted molar refractivity (Wildman–Crippen MR) is 102 cm³/mol. The molecule has 0 saturated carbocycles. The fraction of sp³-hybridized carbons (Fsp3) is 0.174. The van der Waals surface area contributed by atoms with Crippen LogP contribution >= 0.6 is 0 Å². The van der Waals surface area contributed by atoms with E-state index in [2.05, 4.69) is 12.1 Å². The minimum Gasteiger partial charge on any atom is -0.489 e. The van der Waals surface area contributed by atoms with E-state index in [1.54, 1.807) is 4.90 Å². The molecule has 0 fully saturated rings. The minimum atomic E-state index is -0.242. The highest BCUT2D eigenvalue weighted by atomic mass is 16.5. The van der Waals surface area contributed by atoms with Crippen LogP contribution in [0, 0.1) is 0 Å². The van der Waals surface area contributed by atoms with Gasteiger partial charge in [-0.1, -0.05) is 66.7 Å². The number of benzene rings is 3. The topological polar surface area (TPSA) is 29.5 Å². The first-order valence-corrected chi connectivity index (χ1v) is 8.82. The summed E-state index contributed by atoms with van der Waals surface area (Å²) >= 11 is 0. The van der Waals surface area contributed by atoms with Gasteiger partial charge in [0.05, 0.1) is 5.92 Å². The lowest BCUT2D eigenvalue weighted by atomic mass is 9.84. The monoisotopic (exact) mass is 343 g/mol. The van der Waals surface area contributed by atoms with E-state index < -0.39 is 0 Å². The number of rotatable bonds is 4. The van der Waals surface area contributed by atoms with E-state index in [4.69, 9.17) is 4.74 Å². The number of amides is 1. The van der Waals surface area contributed by atoms with Crippen LogP contribution in [0.3, 0.4) is 0 Å². The molecule has 0 aromatic heterocycles. The first-order valence-electron chi connectivity index (χ1n) is 8.82. The van der Waals surface area contributed by atoms with Crippen molar-refractivity contribution in [3.8, 4) is 5.75 Å². The number of nitrogens with zero attached hydrogens (tertiary/aromatic N) is 1. The fourth-order valence-corrected chi connectivity index (χ4v) is 3.47. The second-order valence-corrected chi connectivity index (χ2v) is 6.67. The normalized spacial score (nSPS) is 16.3. The van der Waals surface area contributed by atoms with E-state index in [9.17, 15) is 4.79 Å². The molecule has 4 rings (SSSR count). The van der Waals surface area contributed by atoms with Crippen molar-refractivity contribution in [1.29, 1.82) is 0 Å². The lowest BCUT2D eigenvalue weighted by Gasteiger charge is -2.32. The Labute approximate surface area is 153 Å². The smallest absolute Gasteiger partial charge is 0.234 e. The van der Waals surface area contributed by atoms with Crippen LogP contribution in [-0.2, 0) is 17.9 Å². The molecule has 130 valence electrons. The largest absolute Gasteiger partial charge is 0.489 e. The van der Waals surface area contributed by atoms with Crippen molar-refractivity contribution < 1.29 is 9.53 Å². The molecule has 3 heteroatoms. The third-order valence-electron chi connectivity index (χ3n) is 4.86. The van der Waals surface area contributed by atoms with Gasteiger partial charge in [-0.3, -0.25) is 4.79 Å². The third-order valence-corrected chi connectivity index (χ3v) is 4.86. The number of hydrogen-bond acceptors (Lipinski definition) is 2. The highest BCUT2D eigenvalue weighted by Crippen LogP contribution is 2.34. The zero-order valence-corrected chi connectivity index (χ0v) is 14.8. The molecule has 26 heavy (non-hydrogen) atoms. The summed E-state index contributed by atoms with van der Waals surface area (Å²) in [6.45, 7) is 1.21. The Bertz CT molecular complexity index is 903. The van der Waals surface area contributed by atoms with Gasteiger partial charge in [0.25, 0.3) is 0 Å². The number of hydrogen-bond donors (Lipinski definition) is 0. The van der Waals surface area contributed by atoms with Crippen LogP contribution in [0.4, 0.5) is 0 Å². The molecule has 1 unspecified atom stereocenters. The maximum atomic E-state index is 12.8. The summed E-state index contributed by atoms with van der Waals surface area (Å²) in [6, 6.07) is 26.2. The van der Waals surface area contributed by atoms with Crippen molar-refractivity contribution in [2.24, 2.45) is 0 Å². The van der Waals surface area contributed by atoms with E-state index in [0.29, 0.717) is 13.2 Å². The highest BCUT2D eigenvalue weighted by Gasteiger charge is 2.32. The fourth-order valence-electron chi connectivity index (χ4n) is 3.47. The van der Waals surface area contributed by atoms with Gasteiger partial charge in [-0.2, -0.15) is 0 Å². The SMILES string of the molecule is CN1Cc2ccccc2C(c2ccc(OCc3ccccc3)cc2)C1=O. The molecule has 0 bridgehead atoms. The lowest BCUT2D eigenvalue weighted by molar-refractivity contribution is -0.131. The van der Waals surface area contributed by atoms with Crippen molar-refractivity contribution in [2.45, 2.75) is 19.1 Å². The van der Waals surface area contributed by atoms with Crippen LogP contribution in [0.1, 0.15) is 28.2 Å². The molecule has 3 aromatic carbocycles. The number of carbonyl (C=O) groups is 1. The second kappa shape index (κ2) is 7.04. The van der Waals surface area contributed by atoms with Gasteiger partial charge in [0.1, 0.15) is 12.4 Å². The van der Waals surface area contributed by atoms with Gasteiger partial charge in [0.15, 0.2) is 0 Å². The van der Waals surface area contributed by atoms with Gasteiger partial charge in [-0.05, 0) is 34.4 Å². The van der Waals surface area contributed by atoms with E-state index in [1.807, 2.05) is 73.8 Å². The van der Waals surface area contributed by atoms with Crippen molar-refractivity contribution in [3.05, 3.63) is 101 Å². The lowest BCUT2D eigenvalue weighted by Crippen LogP contribution is -2.36. The molecular weight excluding hydrogens is 322 g/mol. The zero-order chi connectivity index (χ0) is 17.9. The average molecular weight is 343 g/mol. The van der Waals surface area contributed by atoms with Gasteiger partial charge in [0.2, 0.25) is 5.91 Å². The molecule has 3 nitrogen and oxygen atoms in total. The number of fused-ring (bicyclic) bond motifs is 1. The van der Waals surface area contributed by atoms with Crippen LogP contribution in [0.5, 0.6) is 5.75 Å². The summed E-state index contributed by atoms with van der Waals surface area (Å²) < 4.78 is 5.86. The van der Waals surface area contributed by atoms with Crippen LogP contribution in [0.2, 0.25) is 0 Å². The van der Waals surface area contributed by atoms with Crippen molar-refractivity contribution in [3.63, 3.8) is 0 Å². The first kappa shape index (κ1) is 16.4. The summed E-state index contributed by atoms with van der Waals surface area (Å²) in [6.07, 6.45) is 0. The van der Waals surface area contributed by atoms with Crippen molar-refractivity contribution >= 4 is 5.91 Å². The molecule has 1 heterocycles. The van der Waals surface area contributed by atoms with E-state index in [-0.39, 0.29) is 11.8 Å². The van der Waals surface area contributed by atoms with Gasteiger partial charge < -0.3 is 9.64 Å². The second-order valence-electron chi connectivity index (χ2n) is 6.67. The van der Waals surface area contributed by atoms with Crippen LogP contribution < -0.4 is 4.74 Å². The standard InChI is InChI=1S/C23H21NO2/c1-24-15-19-9-5-6-10-21(19)22(23(24)25)18-11-13-20(14-12-18)26-16-17-7-3-2-4-8-17/h2-14,22H,15-16H2,1H3. The molecule has 1 aliphatic rings. The molecule has 0 aliphatic carbocycles.